The van der Waals surface area contributed by atoms with Crippen molar-refractivity contribution in [3.8, 4) is 5.75 Å². The first-order valence-electron chi connectivity index (χ1n) is 5.52. The maximum atomic E-state index is 12.0. The number of hydrogen-bond acceptors (Lipinski definition) is 4. The molecule has 1 N–H and O–H groups in total. The number of carbonyl (C=O) groups excluding carboxylic acids is 1. The molecular formula is C13H8I2O5S. The molecule has 0 atom stereocenters. The van der Waals surface area contributed by atoms with Crippen LogP contribution in [-0.2, 0) is 10.1 Å². The van der Waals surface area contributed by atoms with Crippen molar-refractivity contribution in [1.82, 2.24) is 0 Å². The maximum absolute atomic E-state index is 12.0. The highest BCUT2D eigenvalue weighted by Gasteiger charge is 2.14. The Balaban J connectivity index is 2.21. The van der Waals surface area contributed by atoms with E-state index in [1.54, 1.807) is 6.07 Å². The van der Waals surface area contributed by atoms with Crippen molar-refractivity contribution in [2.24, 2.45) is 0 Å². The normalized spacial score (nSPS) is 11.2. The van der Waals surface area contributed by atoms with Crippen molar-refractivity contribution >= 4 is 61.3 Å². The van der Waals surface area contributed by atoms with E-state index in [2.05, 4.69) is 45.2 Å². The Hall–Kier alpha value is -0.720. The zero-order valence-electron chi connectivity index (χ0n) is 10.3. The fourth-order valence-corrected chi connectivity index (χ4v) is 3.67. The van der Waals surface area contributed by atoms with Gasteiger partial charge >= 0.3 is 5.97 Å². The van der Waals surface area contributed by atoms with Gasteiger partial charge in [-0.2, -0.15) is 8.42 Å². The summed E-state index contributed by atoms with van der Waals surface area (Å²) >= 11 is 4.21. The average Bonchev–Trinajstić information content (AvgIpc) is 2.41. The molecule has 0 saturated heterocycles. The van der Waals surface area contributed by atoms with Crippen molar-refractivity contribution in [2.75, 3.05) is 0 Å². The minimum atomic E-state index is -4.27. The van der Waals surface area contributed by atoms with Crippen LogP contribution in [-0.4, -0.2) is 18.9 Å². The molecule has 8 heteroatoms. The molecule has 21 heavy (non-hydrogen) atoms. The Morgan fingerprint density at radius 1 is 1.05 bits per heavy atom. The quantitative estimate of drug-likeness (QED) is 0.285. The molecule has 0 unspecified atom stereocenters. The molecule has 0 aliphatic carbocycles. The third kappa shape index (κ3) is 4.37. The molecule has 0 aliphatic heterocycles. The van der Waals surface area contributed by atoms with Gasteiger partial charge in [-0.1, -0.05) is 0 Å². The Kier molecular flexibility index (Phi) is 5.22. The van der Waals surface area contributed by atoms with E-state index in [0.29, 0.717) is 5.75 Å². The summed E-state index contributed by atoms with van der Waals surface area (Å²) in [5, 5.41) is 0. The highest BCUT2D eigenvalue weighted by Crippen LogP contribution is 2.24. The van der Waals surface area contributed by atoms with Gasteiger partial charge < -0.3 is 4.74 Å². The summed E-state index contributed by atoms with van der Waals surface area (Å²) in [7, 11) is -4.27. The van der Waals surface area contributed by atoms with Crippen molar-refractivity contribution in [3.63, 3.8) is 0 Å². The first kappa shape index (κ1) is 16.6. The van der Waals surface area contributed by atoms with Crippen LogP contribution in [0.2, 0.25) is 0 Å². The molecule has 110 valence electrons. The zero-order valence-corrected chi connectivity index (χ0v) is 15.4. The van der Waals surface area contributed by atoms with E-state index < -0.39 is 16.1 Å². The van der Waals surface area contributed by atoms with Crippen LogP contribution in [0.15, 0.2) is 47.4 Å². The Labute approximate surface area is 148 Å². The summed E-state index contributed by atoms with van der Waals surface area (Å²) in [5.41, 5.74) is 0.191. The van der Waals surface area contributed by atoms with Gasteiger partial charge in [0.05, 0.1) is 14.0 Å². The molecule has 5 nitrogen and oxygen atoms in total. The summed E-state index contributed by atoms with van der Waals surface area (Å²) in [6.45, 7) is 0. The number of esters is 1. The van der Waals surface area contributed by atoms with Crippen molar-refractivity contribution in [1.29, 1.82) is 0 Å². The lowest BCUT2D eigenvalue weighted by Crippen LogP contribution is -2.10. The minimum Gasteiger partial charge on any atom is -0.422 e. The molecule has 0 bridgehead atoms. The SMILES string of the molecule is O=C(Oc1ccc(I)cc1I)c1ccc(S(=O)(=O)O)cc1. The number of hydrogen-bond donors (Lipinski definition) is 1. The van der Waals surface area contributed by atoms with Crippen molar-refractivity contribution < 1.29 is 22.5 Å². The lowest BCUT2D eigenvalue weighted by molar-refractivity contribution is 0.0733. The highest BCUT2D eigenvalue weighted by molar-refractivity contribution is 14.1. The summed E-state index contributed by atoms with van der Waals surface area (Å²) < 4.78 is 37.8. The summed E-state index contributed by atoms with van der Waals surface area (Å²) in [6.07, 6.45) is 0. The Morgan fingerprint density at radius 2 is 1.67 bits per heavy atom. The van der Waals surface area contributed by atoms with E-state index >= 15 is 0 Å². The first-order chi connectivity index (χ1) is 9.77. The number of rotatable bonds is 3. The molecule has 0 aromatic heterocycles. The Bertz CT molecular complexity index is 785. The lowest BCUT2D eigenvalue weighted by Gasteiger charge is -2.07. The number of ether oxygens (including phenoxy) is 1. The summed E-state index contributed by atoms with van der Waals surface area (Å²) in [5.74, 6) is -0.170. The van der Waals surface area contributed by atoms with E-state index in [1.165, 1.54) is 12.1 Å². The molecule has 0 heterocycles. The van der Waals surface area contributed by atoms with E-state index in [0.717, 1.165) is 19.3 Å². The molecule has 0 spiro atoms. The first-order valence-corrected chi connectivity index (χ1v) is 9.12. The van der Waals surface area contributed by atoms with Crippen molar-refractivity contribution in [3.05, 3.63) is 55.2 Å². The summed E-state index contributed by atoms with van der Waals surface area (Å²) in [4.78, 5) is 11.7. The predicted octanol–water partition coefficient (Wildman–Crippen LogP) is 3.36. The maximum Gasteiger partial charge on any atom is 0.343 e. The van der Waals surface area contributed by atoms with E-state index in [-0.39, 0.29) is 10.5 Å². The second-order valence-electron chi connectivity index (χ2n) is 3.96. The smallest absolute Gasteiger partial charge is 0.343 e. The van der Waals surface area contributed by atoms with E-state index in [4.69, 9.17) is 9.29 Å². The average molecular weight is 530 g/mol. The van der Waals surface area contributed by atoms with Gasteiger partial charge in [0, 0.05) is 3.57 Å². The molecule has 2 rings (SSSR count). The number of halogens is 2. The minimum absolute atomic E-state index is 0.191. The van der Waals surface area contributed by atoms with Crippen LogP contribution >= 0.6 is 45.2 Å². The topological polar surface area (TPSA) is 80.7 Å². The molecule has 0 saturated carbocycles. The van der Waals surface area contributed by atoms with Crippen LogP contribution in [0.5, 0.6) is 5.75 Å². The van der Waals surface area contributed by atoms with Crippen LogP contribution in [0, 0.1) is 7.14 Å². The highest BCUT2D eigenvalue weighted by atomic mass is 127. The third-order valence-corrected chi connectivity index (χ3v) is 4.87. The van der Waals surface area contributed by atoms with Gasteiger partial charge in [-0.3, -0.25) is 4.55 Å². The molecule has 2 aromatic carbocycles. The van der Waals surface area contributed by atoms with Crippen LogP contribution in [0.25, 0.3) is 0 Å². The van der Waals surface area contributed by atoms with Gasteiger partial charge in [0.2, 0.25) is 0 Å². The van der Waals surface area contributed by atoms with Gasteiger partial charge in [0.25, 0.3) is 10.1 Å². The monoisotopic (exact) mass is 530 g/mol. The third-order valence-electron chi connectivity index (χ3n) is 2.48. The van der Waals surface area contributed by atoms with Gasteiger partial charge in [-0.25, -0.2) is 4.79 Å². The molecule has 0 fully saturated rings. The van der Waals surface area contributed by atoms with Gasteiger partial charge in [-0.15, -0.1) is 0 Å². The second kappa shape index (κ2) is 6.58. The van der Waals surface area contributed by atoms with E-state index in [1.807, 2.05) is 12.1 Å². The van der Waals surface area contributed by atoms with Crippen LogP contribution in [0.1, 0.15) is 10.4 Å². The lowest BCUT2D eigenvalue weighted by atomic mass is 10.2. The molecular weight excluding hydrogens is 522 g/mol. The largest absolute Gasteiger partial charge is 0.422 e. The fourth-order valence-electron chi connectivity index (χ4n) is 1.48. The molecule has 0 aliphatic rings. The van der Waals surface area contributed by atoms with Crippen LogP contribution in [0.3, 0.4) is 0 Å². The number of carbonyl (C=O) groups is 1. The standard InChI is InChI=1S/C13H8I2O5S/c14-9-3-6-12(11(15)7-9)20-13(16)8-1-4-10(5-2-8)21(17,18)19/h1-7H,(H,17,18,19). The molecule has 0 radical (unpaired) electrons. The van der Waals surface area contributed by atoms with Gasteiger partial charge in [0.1, 0.15) is 5.75 Å². The molecule has 2 aromatic rings. The van der Waals surface area contributed by atoms with Gasteiger partial charge in [0.15, 0.2) is 0 Å². The fraction of sp³-hybridized carbons (Fsp3) is 0. The predicted molar refractivity (Wildman–Crippen MR) is 93.1 cm³/mol. The Morgan fingerprint density at radius 3 is 2.19 bits per heavy atom. The van der Waals surface area contributed by atoms with Crippen LogP contribution in [0.4, 0.5) is 0 Å². The number of benzene rings is 2. The second-order valence-corrected chi connectivity index (χ2v) is 7.79. The van der Waals surface area contributed by atoms with Gasteiger partial charge in [-0.05, 0) is 87.6 Å². The summed E-state index contributed by atoms with van der Waals surface area (Å²) in [6, 6.07) is 10.2. The van der Waals surface area contributed by atoms with Crippen molar-refractivity contribution in [2.45, 2.75) is 4.90 Å². The van der Waals surface area contributed by atoms with Crippen LogP contribution < -0.4 is 4.74 Å². The molecule has 0 amide bonds. The van der Waals surface area contributed by atoms with E-state index in [9.17, 15) is 13.2 Å². The zero-order chi connectivity index (χ0) is 15.6.